The molecule has 0 unspecified atom stereocenters. The zero-order chi connectivity index (χ0) is 20.1. The molecule has 0 bridgehead atoms. The largest absolute Gasteiger partial charge is 0.416 e. The fourth-order valence-electron chi connectivity index (χ4n) is 2.59. The summed E-state index contributed by atoms with van der Waals surface area (Å²) in [6, 6.07) is 9.42. The number of urea groups is 1. The summed E-state index contributed by atoms with van der Waals surface area (Å²) >= 11 is 0. The third-order valence-corrected chi connectivity index (χ3v) is 4.02. The summed E-state index contributed by atoms with van der Waals surface area (Å²) in [5.41, 5.74) is 2.14. The summed E-state index contributed by atoms with van der Waals surface area (Å²) in [4.78, 5) is 16.0. The van der Waals surface area contributed by atoms with Crippen LogP contribution in [0.5, 0.6) is 0 Å². The molecule has 0 aliphatic carbocycles. The van der Waals surface area contributed by atoms with Gasteiger partial charge in [0.25, 0.3) is 0 Å². The third-order valence-electron chi connectivity index (χ3n) is 4.02. The summed E-state index contributed by atoms with van der Waals surface area (Å²) in [6.07, 6.45) is -0.995. The zero-order valence-electron chi connectivity index (χ0n) is 15.0. The number of pyridine rings is 1. The van der Waals surface area contributed by atoms with E-state index in [4.69, 9.17) is 0 Å². The van der Waals surface area contributed by atoms with Crippen LogP contribution in [0.1, 0.15) is 11.3 Å². The first-order valence-corrected chi connectivity index (χ1v) is 8.50. The molecule has 0 aliphatic rings. The number of alkyl halides is 3. The molecular formula is C19H18F3N5O. The fraction of sp³-hybridized carbons (Fsp3) is 0.211. The molecule has 28 heavy (non-hydrogen) atoms. The minimum Gasteiger partial charge on any atom is -0.336 e. The predicted octanol–water partition coefficient (Wildman–Crippen LogP) is 4.09. The molecule has 3 rings (SSSR count). The number of halogens is 3. The van der Waals surface area contributed by atoms with E-state index in [0.717, 1.165) is 29.1 Å². The average Bonchev–Trinajstić information content (AvgIpc) is 3.03. The summed E-state index contributed by atoms with van der Waals surface area (Å²) in [7, 11) is 0. The molecule has 0 saturated carbocycles. The second-order valence-corrected chi connectivity index (χ2v) is 6.09. The molecule has 2 amide bonds. The lowest BCUT2D eigenvalue weighted by Gasteiger charge is -2.10. The Morgan fingerprint density at radius 3 is 2.57 bits per heavy atom. The molecule has 0 spiro atoms. The molecule has 9 heteroatoms. The number of anilines is 1. The maximum Gasteiger partial charge on any atom is 0.416 e. The lowest BCUT2D eigenvalue weighted by molar-refractivity contribution is -0.137. The average molecular weight is 389 g/mol. The van der Waals surface area contributed by atoms with Crippen LogP contribution in [-0.4, -0.2) is 27.3 Å². The molecule has 2 N–H and O–H groups in total. The number of nitrogens with zero attached hydrogens (tertiary/aromatic N) is 3. The topological polar surface area (TPSA) is 71.8 Å². The molecule has 0 aliphatic heterocycles. The van der Waals surface area contributed by atoms with Crippen LogP contribution >= 0.6 is 0 Å². The van der Waals surface area contributed by atoms with E-state index in [9.17, 15) is 18.0 Å². The first-order valence-electron chi connectivity index (χ1n) is 8.50. The lowest BCUT2D eigenvalue weighted by atomic mass is 10.2. The Bertz CT molecular complexity index is 936. The molecule has 1 aromatic carbocycles. The highest BCUT2D eigenvalue weighted by Crippen LogP contribution is 2.29. The molecule has 6 nitrogen and oxygen atoms in total. The molecule has 146 valence electrons. The van der Waals surface area contributed by atoms with Crippen molar-refractivity contribution in [3.05, 3.63) is 66.1 Å². The summed E-state index contributed by atoms with van der Waals surface area (Å²) < 4.78 is 39.4. The van der Waals surface area contributed by atoms with Gasteiger partial charge in [-0.1, -0.05) is 0 Å². The first-order chi connectivity index (χ1) is 13.3. The minimum absolute atomic E-state index is 0.277. The number of rotatable bonds is 5. The van der Waals surface area contributed by atoms with Gasteiger partial charge in [0.1, 0.15) is 0 Å². The van der Waals surface area contributed by atoms with Crippen LogP contribution in [-0.2, 0) is 12.7 Å². The standard InChI is InChI=1S/C19H18F3N5O/c1-13-11-17(14-3-2-8-23-12-14)26-27(13)10-9-24-18(28)25-16-6-4-15(5-7-16)19(20,21)22/h2-8,11-12H,9-10H2,1H3,(H2,24,25,28). The maximum atomic E-state index is 12.5. The molecule has 2 aromatic heterocycles. The van der Waals surface area contributed by atoms with Crippen LogP contribution in [0, 0.1) is 6.92 Å². The van der Waals surface area contributed by atoms with Gasteiger partial charge in [-0.3, -0.25) is 9.67 Å². The number of carbonyl (C=O) groups excluding carboxylic acids is 1. The van der Waals surface area contributed by atoms with E-state index < -0.39 is 17.8 Å². The minimum atomic E-state index is -4.41. The van der Waals surface area contributed by atoms with Crippen molar-refractivity contribution in [3.63, 3.8) is 0 Å². The van der Waals surface area contributed by atoms with Gasteiger partial charge in [-0.05, 0) is 49.4 Å². The van der Waals surface area contributed by atoms with Gasteiger partial charge in [0, 0.05) is 35.9 Å². The fourth-order valence-corrected chi connectivity index (χ4v) is 2.59. The van der Waals surface area contributed by atoms with Crippen molar-refractivity contribution in [2.45, 2.75) is 19.6 Å². The van der Waals surface area contributed by atoms with Crippen LogP contribution in [0.25, 0.3) is 11.3 Å². The van der Waals surface area contributed by atoms with Gasteiger partial charge in [-0.2, -0.15) is 18.3 Å². The maximum absolute atomic E-state index is 12.5. The van der Waals surface area contributed by atoms with Crippen molar-refractivity contribution < 1.29 is 18.0 Å². The molecule has 3 aromatic rings. The first kappa shape index (κ1) is 19.4. The number of nitrogens with one attached hydrogen (secondary N) is 2. The Balaban J connectivity index is 1.51. The van der Waals surface area contributed by atoms with Crippen molar-refractivity contribution in [1.29, 1.82) is 0 Å². The summed E-state index contributed by atoms with van der Waals surface area (Å²) in [6.45, 7) is 2.67. The van der Waals surface area contributed by atoms with E-state index >= 15 is 0 Å². The van der Waals surface area contributed by atoms with Gasteiger partial charge in [0.05, 0.1) is 17.8 Å². The number of amides is 2. The molecule has 0 atom stereocenters. The number of benzene rings is 1. The van der Waals surface area contributed by atoms with E-state index in [0.29, 0.717) is 13.1 Å². The molecule has 0 saturated heterocycles. The van der Waals surface area contributed by atoms with Gasteiger partial charge in [-0.15, -0.1) is 0 Å². The Morgan fingerprint density at radius 2 is 1.93 bits per heavy atom. The summed E-state index contributed by atoms with van der Waals surface area (Å²) in [5, 5.41) is 9.64. The van der Waals surface area contributed by atoms with E-state index in [1.807, 2.05) is 25.1 Å². The number of aryl methyl sites for hydroxylation is 1. The number of aromatic nitrogens is 3. The van der Waals surface area contributed by atoms with E-state index in [1.54, 1.807) is 17.1 Å². The smallest absolute Gasteiger partial charge is 0.336 e. The second-order valence-electron chi connectivity index (χ2n) is 6.09. The molecular weight excluding hydrogens is 371 g/mol. The Labute approximate surface area is 159 Å². The SMILES string of the molecule is Cc1cc(-c2cccnc2)nn1CCNC(=O)Nc1ccc(C(F)(F)F)cc1. The number of hydrogen-bond donors (Lipinski definition) is 2. The molecule has 0 fully saturated rings. The molecule has 2 heterocycles. The third kappa shape index (κ3) is 4.87. The highest BCUT2D eigenvalue weighted by atomic mass is 19.4. The lowest BCUT2D eigenvalue weighted by Crippen LogP contribution is -2.31. The van der Waals surface area contributed by atoms with Crippen molar-refractivity contribution >= 4 is 11.7 Å². The van der Waals surface area contributed by atoms with Gasteiger partial charge < -0.3 is 10.6 Å². The van der Waals surface area contributed by atoms with Gasteiger partial charge in [-0.25, -0.2) is 4.79 Å². The Kier molecular flexibility index (Phi) is 5.62. The normalized spacial score (nSPS) is 11.3. The van der Waals surface area contributed by atoms with Crippen molar-refractivity contribution in [1.82, 2.24) is 20.1 Å². The van der Waals surface area contributed by atoms with Gasteiger partial charge in [0.15, 0.2) is 0 Å². The Hall–Kier alpha value is -3.36. The van der Waals surface area contributed by atoms with E-state index in [1.165, 1.54) is 12.1 Å². The van der Waals surface area contributed by atoms with Crippen LogP contribution in [0.4, 0.5) is 23.7 Å². The Morgan fingerprint density at radius 1 is 1.18 bits per heavy atom. The van der Waals surface area contributed by atoms with Gasteiger partial charge >= 0.3 is 12.2 Å². The number of hydrogen-bond acceptors (Lipinski definition) is 3. The predicted molar refractivity (Wildman–Crippen MR) is 98.7 cm³/mol. The van der Waals surface area contributed by atoms with Gasteiger partial charge in [0.2, 0.25) is 0 Å². The second kappa shape index (κ2) is 8.12. The highest BCUT2D eigenvalue weighted by molar-refractivity contribution is 5.89. The van der Waals surface area contributed by atoms with Crippen LogP contribution in [0.3, 0.4) is 0 Å². The quantitative estimate of drug-likeness (QED) is 0.690. The van der Waals surface area contributed by atoms with Crippen molar-refractivity contribution in [2.24, 2.45) is 0 Å². The van der Waals surface area contributed by atoms with Crippen molar-refractivity contribution in [2.75, 3.05) is 11.9 Å². The number of carbonyl (C=O) groups is 1. The van der Waals surface area contributed by atoms with E-state index in [2.05, 4.69) is 20.7 Å². The van der Waals surface area contributed by atoms with Crippen LogP contribution in [0.15, 0.2) is 54.9 Å². The highest BCUT2D eigenvalue weighted by Gasteiger charge is 2.29. The zero-order valence-corrected chi connectivity index (χ0v) is 15.0. The summed E-state index contributed by atoms with van der Waals surface area (Å²) in [5.74, 6) is 0. The molecule has 0 radical (unpaired) electrons. The van der Waals surface area contributed by atoms with Crippen LogP contribution < -0.4 is 10.6 Å². The van der Waals surface area contributed by atoms with Crippen molar-refractivity contribution in [3.8, 4) is 11.3 Å². The van der Waals surface area contributed by atoms with E-state index in [-0.39, 0.29) is 5.69 Å². The monoisotopic (exact) mass is 389 g/mol. The van der Waals surface area contributed by atoms with Crippen LogP contribution in [0.2, 0.25) is 0 Å².